The Hall–Kier alpha value is -0.420. The van der Waals surface area contributed by atoms with Gasteiger partial charge in [-0.2, -0.15) is 0 Å². The molecule has 118 valence electrons. The summed E-state index contributed by atoms with van der Waals surface area (Å²) in [6, 6.07) is 5.42. The maximum atomic E-state index is 11.7. The molecule has 0 saturated carbocycles. The van der Waals surface area contributed by atoms with E-state index in [1.54, 1.807) is 12.1 Å². The van der Waals surface area contributed by atoms with Crippen LogP contribution in [0.2, 0.25) is 10.0 Å². The molecule has 0 spiro atoms. The van der Waals surface area contributed by atoms with Crippen LogP contribution >= 0.6 is 35.0 Å². The largest absolute Gasteiger partial charge is 0.379 e. The third kappa shape index (κ3) is 7.96. The number of thioether (sulfide) groups is 1. The molecule has 0 aliphatic heterocycles. The molecule has 1 aromatic carbocycles. The van der Waals surface area contributed by atoms with Gasteiger partial charge in [0, 0.05) is 28.9 Å². The Kier molecular flexibility index (Phi) is 9.16. The zero-order valence-electron chi connectivity index (χ0n) is 12.3. The average molecular weight is 350 g/mol. The minimum absolute atomic E-state index is 0.0210. The summed E-state index contributed by atoms with van der Waals surface area (Å²) in [6.45, 7) is 5.30. The number of amides is 1. The second-order valence-electron chi connectivity index (χ2n) is 4.82. The van der Waals surface area contributed by atoms with E-state index in [0.717, 1.165) is 12.0 Å². The summed E-state index contributed by atoms with van der Waals surface area (Å²) in [7, 11) is 0. The Bertz CT molecular complexity index is 435. The van der Waals surface area contributed by atoms with Crippen molar-refractivity contribution in [2.75, 3.05) is 18.9 Å². The summed E-state index contributed by atoms with van der Waals surface area (Å²) in [6.07, 6.45) is 1.06. The first-order chi connectivity index (χ1) is 10.0. The summed E-state index contributed by atoms with van der Waals surface area (Å²) >= 11 is 13.7. The molecule has 0 aliphatic rings. The van der Waals surface area contributed by atoms with Crippen molar-refractivity contribution in [3.63, 3.8) is 0 Å². The zero-order chi connectivity index (χ0) is 15.7. The van der Waals surface area contributed by atoms with E-state index in [9.17, 15) is 4.79 Å². The minimum Gasteiger partial charge on any atom is -0.379 e. The lowest BCUT2D eigenvalue weighted by atomic mass is 10.2. The number of nitrogens with one attached hydrogen (secondary N) is 1. The van der Waals surface area contributed by atoms with E-state index in [0.29, 0.717) is 34.7 Å². The van der Waals surface area contributed by atoms with E-state index in [4.69, 9.17) is 27.9 Å². The van der Waals surface area contributed by atoms with Crippen molar-refractivity contribution in [3.05, 3.63) is 33.8 Å². The highest BCUT2D eigenvalue weighted by Crippen LogP contribution is 2.27. The lowest BCUT2D eigenvalue weighted by Gasteiger charge is -2.09. The van der Waals surface area contributed by atoms with Gasteiger partial charge < -0.3 is 10.1 Å². The second kappa shape index (κ2) is 10.3. The van der Waals surface area contributed by atoms with Crippen molar-refractivity contribution < 1.29 is 9.53 Å². The Balaban J connectivity index is 2.16. The van der Waals surface area contributed by atoms with Gasteiger partial charge in [-0.3, -0.25) is 4.79 Å². The molecule has 0 unspecified atom stereocenters. The first kappa shape index (κ1) is 18.6. The molecule has 0 aliphatic carbocycles. The highest BCUT2D eigenvalue weighted by Gasteiger charge is 2.07. The van der Waals surface area contributed by atoms with Crippen molar-refractivity contribution in [1.82, 2.24) is 5.32 Å². The van der Waals surface area contributed by atoms with Gasteiger partial charge in [0.2, 0.25) is 5.91 Å². The molecule has 0 atom stereocenters. The summed E-state index contributed by atoms with van der Waals surface area (Å²) in [5.74, 6) is 1.04. The van der Waals surface area contributed by atoms with Crippen LogP contribution in [-0.4, -0.2) is 30.9 Å². The number of hydrogen-bond acceptors (Lipinski definition) is 3. The highest BCUT2D eigenvalue weighted by atomic mass is 35.5. The molecule has 0 heterocycles. The van der Waals surface area contributed by atoms with E-state index in [2.05, 4.69) is 5.32 Å². The molecule has 1 amide bonds. The van der Waals surface area contributed by atoms with Crippen molar-refractivity contribution >= 4 is 40.9 Å². The predicted molar refractivity (Wildman–Crippen MR) is 91.3 cm³/mol. The summed E-state index contributed by atoms with van der Waals surface area (Å²) < 4.78 is 5.40. The number of ether oxygens (including phenoxy) is 1. The molecule has 1 aromatic rings. The number of hydrogen-bond donors (Lipinski definition) is 1. The van der Waals surface area contributed by atoms with Crippen LogP contribution in [0.25, 0.3) is 0 Å². The van der Waals surface area contributed by atoms with Gasteiger partial charge in [-0.05, 0) is 38.0 Å². The molecule has 0 aromatic heterocycles. The molecule has 3 nitrogen and oxygen atoms in total. The van der Waals surface area contributed by atoms with Gasteiger partial charge in [0.25, 0.3) is 0 Å². The molecule has 0 radical (unpaired) electrons. The quantitative estimate of drug-likeness (QED) is 0.680. The molecule has 0 saturated heterocycles. The maximum Gasteiger partial charge on any atom is 0.230 e. The Morgan fingerprint density at radius 1 is 1.33 bits per heavy atom. The van der Waals surface area contributed by atoms with Gasteiger partial charge in [0.15, 0.2) is 0 Å². The third-order valence-electron chi connectivity index (χ3n) is 2.64. The van der Waals surface area contributed by atoms with Crippen LogP contribution in [0.3, 0.4) is 0 Å². The van der Waals surface area contributed by atoms with Gasteiger partial charge in [-0.15, -0.1) is 11.8 Å². The molecule has 1 N–H and O–H groups in total. The molecule has 6 heteroatoms. The van der Waals surface area contributed by atoms with Crippen LogP contribution in [0.15, 0.2) is 18.2 Å². The minimum atomic E-state index is 0.0210. The molecular formula is C15H21Cl2NO2S. The Labute approximate surface area is 140 Å². The van der Waals surface area contributed by atoms with Gasteiger partial charge in [0.05, 0.1) is 11.9 Å². The number of carbonyl (C=O) groups is 1. The third-order valence-corrected chi connectivity index (χ3v) is 4.30. The lowest BCUT2D eigenvalue weighted by molar-refractivity contribution is -0.118. The Morgan fingerprint density at radius 3 is 2.62 bits per heavy atom. The molecule has 21 heavy (non-hydrogen) atoms. The number of benzene rings is 1. The van der Waals surface area contributed by atoms with Crippen molar-refractivity contribution in [3.8, 4) is 0 Å². The van der Waals surface area contributed by atoms with Crippen LogP contribution in [0.4, 0.5) is 0 Å². The Morgan fingerprint density at radius 2 is 2.00 bits per heavy atom. The zero-order valence-corrected chi connectivity index (χ0v) is 14.7. The SMILES string of the molecule is CC(C)OCCCNC(=O)CSCc1c(Cl)cccc1Cl. The van der Waals surface area contributed by atoms with Crippen molar-refractivity contribution in [2.45, 2.75) is 32.1 Å². The summed E-state index contributed by atoms with van der Waals surface area (Å²) in [5, 5.41) is 4.15. The molecule has 0 bridgehead atoms. The van der Waals surface area contributed by atoms with E-state index in [1.165, 1.54) is 11.8 Å². The second-order valence-corrected chi connectivity index (χ2v) is 6.62. The van der Waals surface area contributed by atoms with Crippen LogP contribution in [-0.2, 0) is 15.3 Å². The van der Waals surface area contributed by atoms with Crippen LogP contribution in [0.1, 0.15) is 25.8 Å². The first-order valence-corrected chi connectivity index (χ1v) is 8.80. The highest BCUT2D eigenvalue weighted by molar-refractivity contribution is 7.99. The number of halogens is 2. The summed E-state index contributed by atoms with van der Waals surface area (Å²) in [5.41, 5.74) is 0.879. The fourth-order valence-corrected chi connectivity index (χ4v) is 3.18. The van der Waals surface area contributed by atoms with Gasteiger partial charge >= 0.3 is 0 Å². The average Bonchev–Trinajstić information content (AvgIpc) is 2.41. The van der Waals surface area contributed by atoms with E-state index in [1.807, 2.05) is 19.9 Å². The van der Waals surface area contributed by atoms with E-state index >= 15 is 0 Å². The standard InChI is InChI=1S/C15H21Cl2NO2S/c1-11(2)20-8-4-7-18-15(19)10-21-9-12-13(16)5-3-6-14(12)17/h3,5-6,11H,4,7-10H2,1-2H3,(H,18,19). The molecular weight excluding hydrogens is 329 g/mol. The normalized spacial score (nSPS) is 10.9. The number of rotatable bonds is 9. The van der Waals surface area contributed by atoms with Crippen LogP contribution < -0.4 is 5.32 Å². The van der Waals surface area contributed by atoms with E-state index in [-0.39, 0.29) is 12.0 Å². The van der Waals surface area contributed by atoms with Gasteiger partial charge in [0.1, 0.15) is 0 Å². The van der Waals surface area contributed by atoms with Crippen LogP contribution in [0, 0.1) is 0 Å². The van der Waals surface area contributed by atoms with Crippen LogP contribution in [0.5, 0.6) is 0 Å². The fraction of sp³-hybridized carbons (Fsp3) is 0.533. The number of carbonyl (C=O) groups excluding carboxylic acids is 1. The lowest BCUT2D eigenvalue weighted by Crippen LogP contribution is -2.27. The topological polar surface area (TPSA) is 38.3 Å². The molecule has 0 fully saturated rings. The first-order valence-electron chi connectivity index (χ1n) is 6.89. The molecule has 1 rings (SSSR count). The maximum absolute atomic E-state index is 11.7. The summed E-state index contributed by atoms with van der Waals surface area (Å²) in [4.78, 5) is 11.7. The van der Waals surface area contributed by atoms with Crippen molar-refractivity contribution in [2.24, 2.45) is 0 Å². The van der Waals surface area contributed by atoms with Crippen molar-refractivity contribution in [1.29, 1.82) is 0 Å². The predicted octanol–water partition coefficient (Wildman–Crippen LogP) is 4.16. The smallest absolute Gasteiger partial charge is 0.230 e. The van der Waals surface area contributed by atoms with E-state index < -0.39 is 0 Å². The van der Waals surface area contributed by atoms with Gasteiger partial charge in [-0.25, -0.2) is 0 Å². The fourth-order valence-electron chi connectivity index (χ4n) is 1.59. The van der Waals surface area contributed by atoms with Gasteiger partial charge in [-0.1, -0.05) is 29.3 Å². The monoisotopic (exact) mass is 349 g/mol.